The first-order valence-electron chi connectivity index (χ1n) is 9.63. The maximum Gasteiger partial charge on any atom is 0.296 e. The number of Topliss-reactive ketones (excluding diaryl/α,β-unsaturated/α-hetero) is 1. The number of aromatic nitrogens is 1. The minimum atomic E-state index is -0.547. The number of amides is 1. The summed E-state index contributed by atoms with van der Waals surface area (Å²) in [5.74, 6) is -1.00. The Hall–Kier alpha value is -2.88. The molecule has 0 fully saturated rings. The second-order valence-corrected chi connectivity index (χ2v) is 9.66. The van der Waals surface area contributed by atoms with E-state index in [9.17, 15) is 9.59 Å². The van der Waals surface area contributed by atoms with Gasteiger partial charge in [-0.05, 0) is 51.3 Å². The SMILES string of the molecule is CC(C)(C)c1c(-c2ccc3[nH]cc(C(C)(C)C)c3c2)ccc2c1NC(=O)C2=O. The highest BCUT2D eigenvalue weighted by Gasteiger charge is 2.35. The van der Waals surface area contributed by atoms with Crippen LogP contribution in [0.4, 0.5) is 5.69 Å². The van der Waals surface area contributed by atoms with E-state index in [1.807, 2.05) is 6.07 Å². The summed E-state index contributed by atoms with van der Waals surface area (Å²) in [6.07, 6.45) is 2.08. The van der Waals surface area contributed by atoms with E-state index < -0.39 is 11.7 Å². The Morgan fingerprint density at radius 2 is 1.50 bits per heavy atom. The Morgan fingerprint density at radius 1 is 0.821 bits per heavy atom. The van der Waals surface area contributed by atoms with Crippen molar-refractivity contribution < 1.29 is 9.59 Å². The number of H-pyrrole nitrogens is 1. The third kappa shape index (κ3) is 2.75. The van der Waals surface area contributed by atoms with Crippen LogP contribution < -0.4 is 5.32 Å². The van der Waals surface area contributed by atoms with Crippen molar-refractivity contribution in [1.82, 2.24) is 4.98 Å². The predicted molar refractivity (Wildman–Crippen MR) is 114 cm³/mol. The van der Waals surface area contributed by atoms with E-state index in [1.54, 1.807) is 6.07 Å². The molecule has 4 rings (SSSR count). The fourth-order valence-electron chi connectivity index (χ4n) is 4.14. The van der Waals surface area contributed by atoms with Gasteiger partial charge in [0.25, 0.3) is 11.7 Å². The van der Waals surface area contributed by atoms with Crippen molar-refractivity contribution in [3.05, 3.63) is 53.2 Å². The lowest BCUT2D eigenvalue weighted by Gasteiger charge is -2.26. The molecular weight excluding hydrogens is 348 g/mol. The zero-order valence-electron chi connectivity index (χ0n) is 17.3. The van der Waals surface area contributed by atoms with Crippen LogP contribution in [0.2, 0.25) is 0 Å². The molecular formula is C24H26N2O2. The van der Waals surface area contributed by atoms with Crippen molar-refractivity contribution in [3.8, 4) is 11.1 Å². The molecule has 2 aromatic carbocycles. The lowest BCUT2D eigenvalue weighted by atomic mass is 9.79. The Kier molecular flexibility index (Phi) is 3.83. The van der Waals surface area contributed by atoms with Crippen molar-refractivity contribution >= 4 is 28.3 Å². The van der Waals surface area contributed by atoms with Gasteiger partial charge < -0.3 is 10.3 Å². The smallest absolute Gasteiger partial charge is 0.296 e. The monoisotopic (exact) mass is 374 g/mol. The van der Waals surface area contributed by atoms with Crippen LogP contribution in [0, 0.1) is 0 Å². The van der Waals surface area contributed by atoms with E-state index in [2.05, 4.69) is 76.2 Å². The number of nitrogens with one attached hydrogen (secondary N) is 2. The molecule has 1 aromatic heterocycles. The number of carbonyl (C=O) groups is 2. The molecule has 144 valence electrons. The zero-order valence-corrected chi connectivity index (χ0v) is 17.3. The Morgan fingerprint density at radius 3 is 2.14 bits per heavy atom. The van der Waals surface area contributed by atoms with Crippen LogP contribution in [-0.2, 0) is 15.6 Å². The Balaban J connectivity index is 1.99. The highest BCUT2D eigenvalue weighted by atomic mass is 16.2. The van der Waals surface area contributed by atoms with Gasteiger partial charge in [0, 0.05) is 17.1 Å². The predicted octanol–water partition coefficient (Wildman–Crippen LogP) is 5.56. The number of hydrogen-bond donors (Lipinski definition) is 2. The van der Waals surface area contributed by atoms with Gasteiger partial charge in [-0.1, -0.05) is 53.7 Å². The van der Waals surface area contributed by atoms with Crippen LogP contribution in [-0.4, -0.2) is 16.7 Å². The van der Waals surface area contributed by atoms with Gasteiger partial charge in [0.1, 0.15) is 0 Å². The zero-order chi connectivity index (χ0) is 20.4. The van der Waals surface area contributed by atoms with Crippen LogP contribution in [0.3, 0.4) is 0 Å². The number of ketones is 1. The third-order valence-corrected chi connectivity index (χ3v) is 5.45. The fraction of sp³-hybridized carbons (Fsp3) is 0.333. The second-order valence-electron chi connectivity index (χ2n) is 9.66. The van der Waals surface area contributed by atoms with Gasteiger partial charge >= 0.3 is 0 Å². The first-order valence-corrected chi connectivity index (χ1v) is 9.63. The summed E-state index contributed by atoms with van der Waals surface area (Å²) in [6.45, 7) is 12.9. The number of rotatable bonds is 1. The van der Waals surface area contributed by atoms with E-state index >= 15 is 0 Å². The minimum absolute atomic E-state index is 0.0298. The number of benzene rings is 2. The van der Waals surface area contributed by atoms with Crippen molar-refractivity contribution in [1.29, 1.82) is 0 Å². The minimum Gasteiger partial charge on any atom is -0.361 e. The van der Waals surface area contributed by atoms with E-state index in [1.165, 1.54) is 10.9 Å². The highest BCUT2D eigenvalue weighted by Crippen LogP contribution is 2.43. The van der Waals surface area contributed by atoms with Gasteiger partial charge in [-0.25, -0.2) is 0 Å². The number of hydrogen-bond acceptors (Lipinski definition) is 2. The molecule has 2 N–H and O–H groups in total. The average molecular weight is 374 g/mol. The molecule has 4 heteroatoms. The molecule has 0 atom stereocenters. The second kappa shape index (κ2) is 5.81. The van der Waals surface area contributed by atoms with Crippen LogP contribution in [0.15, 0.2) is 36.5 Å². The first-order chi connectivity index (χ1) is 13.0. The van der Waals surface area contributed by atoms with Gasteiger partial charge in [0.2, 0.25) is 0 Å². The number of carbonyl (C=O) groups excluding carboxylic acids is 2. The van der Waals surface area contributed by atoms with Crippen LogP contribution in [0.25, 0.3) is 22.0 Å². The molecule has 0 saturated heterocycles. The molecule has 1 amide bonds. The summed E-state index contributed by atoms with van der Waals surface area (Å²) in [4.78, 5) is 27.6. The Bertz CT molecular complexity index is 1140. The topological polar surface area (TPSA) is 62.0 Å². The summed E-state index contributed by atoms with van der Waals surface area (Å²) in [5, 5.41) is 4.01. The van der Waals surface area contributed by atoms with Crippen LogP contribution in [0.5, 0.6) is 0 Å². The number of anilines is 1. The van der Waals surface area contributed by atoms with Gasteiger partial charge in [0.05, 0.1) is 11.3 Å². The highest BCUT2D eigenvalue weighted by molar-refractivity contribution is 6.52. The van der Waals surface area contributed by atoms with Gasteiger partial charge in [-0.2, -0.15) is 0 Å². The van der Waals surface area contributed by atoms with Gasteiger partial charge in [-0.3, -0.25) is 9.59 Å². The molecule has 4 nitrogen and oxygen atoms in total. The van der Waals surface area contributed by atoms with E-state index in [-0.39, 0.29) is 10.8 Å². The Labute approximate surface area is 165 Å². The standard InChI is InChI=1S/C24H26N2O2/c1-23(2,3)17-12-25-18-10-7-13(11-16(17)18)14-8-9-15-20(19(14)24(4,5)6)26-22(28)21(15)27/h7-12,25H,1-6H3,(H,26,27,28). The van der Waals surface area contributed by atoms with Gasteiger partial charge in [0.15, 0.2) is 0 Å². The van der Waals surface area contributed by atoms with Crippen molar-refractivity contribution in [2.45, 2.75) is 52.4 Å². The molecule has 1 aliphatic rings. The van der Waals surface area contributed by atoms with Gasteiger partial charge in [-0.15, -0.1) is 0 Å². The largest absolute Gasteiger partial charge is 0.361 e. The molecule has 0 aliphatic carbocycles. The summed E-state index contributed by atoms with van der Waals surface area (Å²) < 4.78 is 0. The molecule has 0 radical (unpaired) electrons. The van der Waals surface area contributed by atoms with E-state index in [0.29, 0.717) is 11.3 Å². The quantitative estimate of drug-likeness (QED) is 0.547. The first kappa shape index (κ1) is 18.5. The fourth-order valence-corrected chi connectivity index (χ4v) is 4.14. The molecule has 0 unspecified atom stereocenters. The summed E-state index contributed by atoms with van der Waals surface area (Å²) in [5.41, 5.74) is 6.42. The average Bonchev–Trinajstić information content (AvgIpc) is 3.14. The number of aromatic amines is 1. The molecule has 3 aromatic rings. The lowest BCUT2D eigenvalue weighted by molar-refractivity contribution is -0.112. The molecule has 0 saturated carbocycles. The normalized spacial score (nSPS) is 14.5. The van der Waals surface area contributed by atoms with Crippen molar-refractivity contribution in [2.75, 3.05) is 5.32 Å². The van der Waals surface area contributed by atoms with E-state index in [4.69, 9.17) is 0 Å². The third-order valence-electron chi connectivity index (χ3n) is 5.45. The number of fused-ring (bicyclic) bond motifs is 2. The summed E-state index contributed by atoms with van der Waals surface area (Å²) >= 11 is 0. The molecule has 1 aliphatic heterocycles. The maximum atomic E-state index is 12.2. The maximum absolute atomic E-state index is 12.2. The van der Waals surface area contributed by atoms with Crippen LogP contribution in [0.1, 0.15) is 63.0 Å². The van der Waals surface area contributed by atoms with Crippen LogP contribution >= 0.6 is 0 Å². The summed E-state index contributed by atoms with van der Waals surface area (Å²) in [6, 6.07) is 10.2. The summed E-state index contributed by atoms with van der Waals surface area (Å²) in [7, 11) is 0. The van der Waals surface area contributed by atoms with Crippen molar-refractivity contribution in [3.63, 3.8) is 0 Å². The molecule has 28 heavy (non-hydrogen) atoms. The molecule has 0 bridgehead atoms. The van der Waals surface area contributed by atoms with E-state index in [0.717, 1.165) is 22.2 Å². The molecule has 2 heterocycles. The lowest BCUT2D eigenvalue weighted by Crippen LogP contribution is -2.17. The van der Waals surface area contributed by atoms with Crippen molar-refractivity contribution in [2.24, 2.45) is 0 Å². The molecule has 0 spiro atoms.